The molecule has 2 fully saturated rings. The van der Waals surface area contributed by atoms with Crippen LogP contribution in [-0.4, -0.2) is 16.1 Å². The summed E-state index contributed by atoms with van der Waals surface area (Å²) in [7, 11) is 0. The van der Waals surface area contributed by atoms with Crippen molar-refractivity contribution in [2.24, 2.45) is 0 Å². The molecule has 1 aliphatic heterocycles. The Morgan fingerprint density at radius 1 is 1.11 bits per heavy atom. The summed E-state index contributed by atoms with van der Waals surface area (Å²) in [4.78, 5) is 4.90. The zero-order valence-electron chi connectivity index (χ0n) is 10.6. The molecule has 1 atom stereocenters. The number of rotatable bonds is 2. The van der Waals surface area contributed by atoms with Crippen LogP contribution in [0.2, 0.25) is 0 Å². The van der Waals surface area contributed by atoms with Crippen LogP contribution in [0.4, 0.5) is 0 Å². The van der Waals surface area contributed by atoms with E-state index in [0.717, 1.165) is 12.1 Å². The minimum Gasteiger partial charge on any atom is -0.324 e. The number of nitrogens with zero attached hydrogens (tertiary/aromatic N) is 2. The van der Waals surface area contributed by atoms with Crippen molar-refractivity contribution in [2.45, 2.75) is 44.2 Å². The Balaban J connectivity index is 1.84. The molecule has 2 heterocycles. The highest BCUT2D eigenvalue weighted by molar-refractivity contribution is 5.76. The molecule has 1 saturated heterocycles. The normalized spacial score (nSPS) is 24.6. The third kappa shape index (κ3) is 1.65. The average molecular weight is 241 g/mol. The summed E-state index contributed by atoms with van der Waals surface area (Å²) in [6.45, 7) is 1.14. The molecule has 3 heteroatoms. The van der Waals surface area contributed by atoms with Gasteiger partial charge in [0.25, 0.3) is 0 Å². The summed E-state index contributed by atoms with van der Waals surface area (Å²) >= 11 is 0. The first kappa shape index (κ1) is 10.6. The van der Waals surface area contributed by atoms with E-state index >= 15 is 0 Å². The van der Waals surface area contributed by atoms with Gasteiger partial charge < -0.3 is 9.88 Å². The highest BCUT2D eigenvalue weighted by Gasteiger charge is 2.31. The third-order valence-electron chi connectivity index (χ3n) is 4.16. The van der Waals surface area contributed by atoms with Gasteiger partial charge in [-0.15, -0.1) is 0 Å². The van der Waals surface area contributed by atoms with Crippen LogP contribution in [0.15, 0.2) is 24.3 Å². The molecule has 1 N–H and O–H groups in total. The Labute approximate surface area is 107 Å². The van der Waals surface area contributed by atoms with Gasteiger partial charge in [-0.1, -0.05) is 18.6 Å². The van der Waals surface area contributed by atoms with E-state index in [1.807, 2.05) is 0 Å². The van der Waals surface area contributed by atoms with Crippen LogP contribution in [0.1, 0.15) is 50.0 Å². The molecule has 1 saturated carbocycles. The fraction of sp³-hybridized carbons (Fsp3) is 0.533. The fourth-order valence-electron chi connectivity index (χ4n) is 3.10. The van der Waals surface area contributed by atoms with Crippen molar-refractivity contribution in [1.82, 2.24) is 14.9 Å². The molecule has 4 rings (SSSR count). The van der Waals surface area contributed by atoms with Crippen molar-refractivity contribution < 1.29 is 0 Å². The molecular formula is C15H19N3. The van der Waals surface area contributed by atoms with Gasteiger partial charge in [-0.25, -0.2) is 4.98 Å². The zero-order valence-corrected chi connectivity index (χ0v) is 10.6. The molecule has 2 aromatic rings. The van der Waals surface area contributed by atoms with Crippen LogP contribution in [0.25, 0.3) is 11.0 Å². The van der Waals surface area contributed by atoms with Crippen molar-refractivity contribution in [3.8, 4) is 0 Å². The summed E-state index contributed by atoms with van der Waals surface area (Å²) < 4.78 is 2.50. The second-order valence-electron chi connectivity index (χ2n) is 5.56. The molecule has 94 valence electrons. The average Bonchev–Trinajstić information content (AvgIpc) is 3.19. The van der Waals surface area contributed by atoms with E-state index in [0.29, 0.717) is 12.1 Å². The third-order valence-corrected chi connectivity index (χ3v) is 4.16. The van der Waals surface area contributed by atoms with E-state index in [1.54, 1.807) is 0 Å². The van der Waals surface area contributed by atoms with E-state index < -0.39 is 0 Å². The first-order chi connectivity index (χ1) is 8.93. The first-order valence-electron chi connectivity index (χ1n) is 7.14. The topological polar surface area (TPSA) is 29.9 Å². The second-order valence-corrected chi connectivity index (χ2v) is 5.56. The lowest BCUT2D eigenvalue weighted by Crippen LogP contribution is -2.29. The molecule has 0 spiro atoms. The van der Waals surface area contributed by atoms with E-state index in [9.17, 15) is 0 Å². The van der Waals surface area contributed by atoms with Crippen LogP contribution in [0.5, 0.6) is 0 Å². The molecule has 18 heavy (non-hydrogen) atoms. The maximum absolute atomic E-state index is 4.90. The molecule has 3 nitrogen and oxygen atoms in total. The summed E-state index contributed by atoms with van der Waals surface area (Å²) in [5.41, 5.74) is 2.48. The van der Waals surface area contributed by atoms with Gasteiger partial charge in [-0.2, -0.15) is 0 Å². The summed E-state index contributed by atoms with van der Waals surface area (Å²) in [6.07, 6.45) is 6.50. The fourth-order valence-corrected chi connectivity index (χ4v) is 3.10. The van der Waals surface area contributed by atoms with Crippen LogP contribution < -0.4 is 5.32 Å². The Morgan fingerprint density at radius 2 is 2.00 bits per heavy atom. The van der Waals surface area contributed by atoms with Crippen LogP contribution in [-0.2, 0) is 0 Å². The predicted molar refractivity (Wildman–Crippen MR) is 72.6 cm³/mol. The van der Waals surface area contributed by atoms with Crippen molar-refractivity contribution in [2.75, 3.05) is 6.54 Å². The SMILES string of the molecule is c1ccc2c(c1)nc(C1CCCCN1)n2C1CC1. The van der Waals surface area contributed by atoms with Crippen LogP contribution in [0, 0.1) is 0 Å². The lowest BCUT2D eigenvalue weighted by Gasteiger charge is -2.24. The Bertz CT molecular complexity index is 562. The molecule has 1 aromatic heterocycles. The summed E-state index contributed by atoms with van der Waals surface area (Å²) in [6, 6.07) is 9.74. The first-order valence-corrected chi connectivity index (χ1v) is 7.14. The van der Waals surface area contributed by atoms with E-state index in [-0.39, 0.29) is 0 Å². The molecule has 0 radical (unpaired) electrons. The predicted octanol–water partition coefficient (Wildman–Crippen LogP) is 3.19. The van der Waals surface area contributed by atoms with Gasteiger partial charge in [0.1, 0.15) is 5.82 Å². The molecule has 0 bridgehead atoms. The zero-order chi connectivity index (χ0) is 11.9. The van der Waals surface area contributed by atoms with Gasteiger partial charge in [0.05, 0.1) is 17.1 Å². The number of hydrogen-bond acceptors (Lipinski definition) is 2. The maximum Gasteiger partial charge on any atom is 0.127 e. The smallest absolute Gasteiger partial charge is 0.127 e. The van der Waals surface area contributed by atoms with Gasteiger partial charge in [0.15, 0.2) is 0 Å². The van der Waals surface area contributed by atoms with E-state index in [2.05, 4.69) is 34.1 Å². The minimum atomic E-state index is 0.465. The standard InChI is InChI=1S/C15H19N3/c1-2-7-14-12(5-1)17-15(18(14)11-8-9-11)13-6-3-4-10-16-13/h1-2,5,7,11,13,16H,3-4,6,8-10H2. The van der Waals surface area contributed by atoms with Crippen molar-refractivity contribution in [1.29, 1.82) is 0 Å². The number of aromatic nitrogens is 2. The van der Waals surface area contributed by atoms with Crippen molar-refractivity contribution in [3.05, 3.63) is 30.1 Å². The number of benzene rings is 1. The molecule has 2 aliphatic rings. The van der Waals surface area contributed by atoms with Gasteiger partial charge in [0, 0.05) is 6.04 Å². The van der Waals surface area contributed by atoms with Crippen LogP contribution in [0.3, 0.4) is 0 Å². The van der Waals surface area contributed by atoms with Gasteiger partial charge >= 0.3 is 0 Å². The minimum absolute atomic E-state index is 0.465. The lowest BCUT2D eigenvalue weighted by molar-refractivity contribution is 0.387. The van der Waals surface area contributed by atoms with E-state index in [1.165, 1.54) is 43.4 Å². The molecule has 1 unspecified atom stereocenters. The Morgan fingerprint density at radius 3 is 2.78 bits per heavy atom. The summed E-state index contributed by atoms with van der Waals surface area (Å²) in [5.74, 6) is 1.28. The van der Waals surface area contributed by atoms with E-state index in [4.69, 9.17) is 4.98 Å². The van der Waals surface area contributed by atoms with Crippen molar-refractivity contribution >= 4 is 11.0 Å². The van der Waals surface area contributed by atoms with Gasteiger partial charge in [-0.3, -0.25) is 0 Å². The van der Waals surface area contributed by atoms with Gasteiger partial charge in [-0.05, 0) is 44.4 Å². The number of imidazole rings is 1. The number of nitrogens with one attached hydrogen (secondary N) is 1. The maximum atomic E-state index is 4.90. The largest absolute Gasteiger partial charge is 0.324 e. The quantitative estimate of drug-likeness (QED) is 0.875. The molecule has 0 amide bonds. The highest BCUT2D eigenvalue weighted by atomic mass is 15.2. The molecule has 1 aliphatic carbocycles. The number of para-hydroxylation sites is 2. The number of hydrogen-bond donors (Lipinski definition) is 1. The second kappa shape index (κ2) is 4.09. The summed E-state index contributed by atoms with van der Waals surface area (Å²) in [5, 5.41) is 3.64. The Hall–Kier alpha value is -1.35. The highest BCUT2D eigenvalue weighted by Crippen LogP contribution is 2.40. The number of fused-ring (bicyclic) bond motifs is 1. The van der Waals surface area contributed by atoms with Crippen molar-refractivity contribution in [3.63, 3.8) is 0 Å². The monoisotopic (exact) mass is 241 g/mol. The Kier molecular flexibility index (Phi) is 2.40. The van der Waals surface area contributed by atoms with Crippen LogP contribution >= 0.6 is 0 Å². The lowest BCUT2D eigenvalue weighted by atomic mass is 10.0. The number of piperidine rings is 1. The molecular weight excluding hydrogens is 222 g/mol. The van der Waals surface area contributed by atoms with Gasteiger partial charge in [0.2, 0.25) is 0 Å². The molecule has 1 aromatic carbocycles.